The summed E-state index contributed by atoms with van der Waals surface area (Å²) >= 11 is 0. The van der Waals surface area contributed by atoms with Crippen LogP contribution in [-0.4, -0.2) is 40.0 Å². The molecule has 1 atom stereocenters. The molecule has 0 bridgehead atoms. The molecule has 2 N–H and O–H groups in total. The molecule has 1 aliphatic rings. The molecule has 1 saturated heterocycles. The Labute approximate surface area is 169 Å². The van der Waals surface area contributed by atoms with Gasteiger partial charge in [-0.3, -0.25) is 14.7 Å². The summed E-state index contributed by atoms with van der Waals surface area (Å²) in [6.07, 6.45) is 1.58. The first-order valence-corrected chi connectivity index (χ1v) is 9.88. The minimum absolute atomic E-state index is 0.0429. The van der Waals surface area contributed by atoms with Crippen LogP contribution in [0, 0.1) is 12.8 Å². The zero-order valence-electron chi connectivity index (χ0n) is 16.4. The van der Waals surface area contributed by atoms with Gasteiger partial charge in [0.2, 0.25) is 5.91 Å². The topological polar surface area (TPSA) is 78.1 Å². The SMILES string of the molecule is Cc1ccc(-c2cc(C(=O)N3CCC[C@H](C(=O)Nc4ccccc4)C3)[nH]n2)cc1. The lowest BCUT2D eigenvalue weighted by atomic mass is 9.96. The van der Waals surface area contributed by atoms with E-state index in [1.165, 1.54) is 5.56 Å². The number of H-pyrrole nitrogens is 1. The molecule has 0 saturated carbocycles. The van der Waals surface area contributed by atoms with Crippen molar-refractivity contribution in [2.24, 2.45) is 5.92 Å². The van der Waals surface area contributed by atoms with Crippen LogP contribution in [0.15, 0.2) is 60.7 Å². The first kappa shape index (κ1) is 18.9. The quantitative estimate of drug-likeness (QED) is 0.712. The lowest BCUT2D eigenvalue weighted by Gasteiger charge is -2.31. The van der Waals surface area contributed by atoms with Crippen LogP contribution >= 0.6 is 0 Å². The molecule has 0 unspecified atom stereocenters. The lowest BCUT2D eigenvalue weighted by molar-refractivity contribution is -0.121. The Balaban J connectivity index is 1.42. The highest BCUT2D eigenvalue weighted by atomic mass is 16.2. The maximum absolute atomic E-state index is 12.9. The monoisotopic (exact) mass is 388 g/mol. The van der Waals surface area contributed by atoms with Gasteiger partial charge in [0.25, 0.3) is 5.91 Å². The summed E-state index contributed by atoms with van der Waals surface area (Å²) in [6.45, 7) is 3.09. The molecule has 0 spiro atoms. The molecule has 2 aromatic carbocycles. The summed E-state index contributed by atoms with van der Waals surface area (Å²) in [7, 11) is 0. The Morgan fingerprint density at radius 1 is 1.10 bits per heavy atom. The van der Waals surface area contributed by atoms with Crippen molar-refractivity contribution in [3.63, 3.8) is 0 Å². The Hall–Kier alpha value is -3.41. The van der Waals surface area contributed by atoms with Gasteiger partial charge in [-0.15, -0.1) is 0 Å². The van der Waals surface area contributed by atoms with Gasteiger partial charge in [-0.1, -0.05) is 48.0 Å². The molecule has 148 valence electrons. The van der Waals surface area contributed by atoms with Gasteiger partial charge in [0.1, 0.15) is 5.69 Å². The number of carbonyl (C=O) groups excluding carboxylic acids is 2. The average molecular weight is 388 g/mol. The van der Waals surface area contributed by atoms with Crippen molar-refractivity contribution in [1.82, 2.24) is 15.1 Å². The number of aromatic amines is 1. The van der Waals surface area contributed by atoms with E-state index in [-0.39, 0.29) is 17.7 Å². The number of aromatic nitrogens is 2. The van der Waals surface area contributed by atoms with E-state index in [2.05, 4.69) is 15.5 Å². The van der Waals surface area contributed by atoms with Crippen molar-refractivity contribution >= 4 is 17.5 Å². The van der Waals surface area contributed by atoms with Crippen molar-refractivity contribution in [2.45, 2.75) is 19.8 Å². The molecule has 4 rings (SSSR count). The largest absolute Gasteiger partial charge is 0.337 e. The van der Waals surface area contributed by atoms with Crippen LogP contribution in [0.4, 0.5) is 5.69 Å². The molecule has 0 radical (unpaired) electrons. The fourth-order valence-electron chi connectivity index (χ4n) is 3.62. The van der Waals surface area contributed by atoms with Crippen LogP contribution in [0.25, 0.3) is 11.3 Å². The third kappa shape index (κ3) is 4.37. The van der Waals surface area contributed by atoms with Crippen molar-refractivity contribution in [3.05, 3.63) is 71.9 Å². The van der Waals surface area contributed by atoms with E-state index in [4.69, 9.17) is 0 Å². The van der Waals surface area contributed by atoms with Gasteiger partial charge in [0.15, 0.2) is 0 Å². The van der Waals surface area contributed by atoms with Gasteiger partial charge < -0.3 is 10.2 Å². The van der Waals surface area contributed by atoms with Crippen LogP contribution in [-0.2, 0) is 4.79 Å². The zero-order valence-corrected chi connectivity index (χ0v) is 16.4. The van der Waals surface area contributed by atoms with E-state index in [9.17, 15) is 9.59 Å². The number of carbonyl (C=O) groups is 2. The summed E-state index contributed by atoms with van der Waals surface area (Å²) in [5.41, 5.74) is 4.10. The second-order valence-corrected chi connectivity index (χ2v) is 7.48. The first-order chi connectivity index (χ1) is 14.1. The molecular weight excluding hydrogens is 364 g/mol. The number of rotatable bonds is 4. The summed E-state index contributed by atoms with van der Waals surface area (Å²) in [5, 5.41) is 10.1. The second kappa shape index (κ2) is 8.31. The van der Waals surface area contributed by atoms with Gasteiger partial charge in [-0.05, 0) is 38.0 Å². The van der Waals surface area contributed by atoms with Crippen molar-refractivity contribution in [3.8, 4) is 11.3 Å². The van der Waals surface area contributed by atoms with Crippen LogP contribution in [0.5, 0.6) is 0 Å². The second-order valence-electron chi connectivity index (χ2n) is 7.48. The number of amides is 2. The molecule has 3 aromatic rings. The predicted octanol–water partition coefficient (Wildman–Crippen LogP) is 3.88. The Morgan fingerprint density at radius 2 is 1.86 bits per heavy atom. The molecule has 1 aliphatic heterocycles. The molecule has 2 heterocycles. The van der Waals surface area contributed by atoms with Crippen molar-refractivity contribution in [1.29, 1.82) is 0 Å². The van der Waals surface area contributed by atoms with Gasteiger partial charge in [0, 0.05) is 24.3 Å². The van der Waals surface area contributed by atoms with Gasteiger partial charge in [-0.25, -0.2) is 0 Å². The number of nitrogens with one attached hydrogen (secondary N) is 2. The number of piperidine rings is 1. The molecule has 0 aliphatic carbocycles. The summed E-state index contributed by atoms with van der Waals surface area (Å²) in [6, 6.07) is 19.2. The minimum Gasteiger partial charge on any atom is -0.337 e. The third-order valence-electron chi connectivity index (χ3n) is 5.28. The van der Waals surface area contributed by atoms with Crippen molar-refractivity contribution < 1.29 is 9.59 Å². The number of para-hydroxylation sites is 1. The van der Waals surface area contributed by atoms with E-state index in [0.717, 1.165) is 29.8 Å². The van der Waals surface area contributed by atoms with Crippen LogP contribution in [0.3, 0.4) is 0 Å². The normalized spacial score (nSPS) is 16.4. The Bertz CT molecular complexity index is 995. The highest BCUT2D eigenvalue weighted by Gasteiger charge is 2.29. The fourth-order valence-corrected chi connectivity index (χ4v) is 3.62. The lowest BCUT2D eigenvalue weighted by Crippen LogP contribution is -2.43. The molecular formula is C23H24N4O2. The number of benzene rings is 2. The number of likely N-dealkylation sites (tertiary alicyclic amines) is 1. The maximum atomic E-state index is 12.9. The number of hydrogen-bond donors (Lipinski definition) is 2. The Kier molecular flexibility index (Phi) is 5.42. The van der Waals surface area contributed by atoms with E-state index >= 15 is 0 Å². The highest BCUT2D eigenvalue weighted by Crippen LogP contribution is 2.22. The minimum atomic E-state index is -0.215. The summed E-state index contributed by atoms with van der Waals surface area (Å²) < 4.78 is 0. The molecule has 1 aromatic heterocycles. The van der Waals surface area contributed by atoms with Gasteiger partial charge in [-0.2, -0.15) is 5.10 Å². The number of anilines is 1. The summed E-state index contributed by atoms with van der Waals surface area (Å²) in [4.78, 5) is 27.3. The Morgan fingerprint density at radius 3 is 2.62 bits per heavy atom. The average Bonchev–Trinajstić information content (AvgIpc) is 3.25. The van der Waals surface area contributed by atoms with E-state index in [0.29, 0.717) is 18.8 Å². The van der Waals surface area contributed by atoms with Crippen LogP contribution in [0.2, 0.25) is 0 Å². The molecule has 1 fully saturated rings. The standard InChI is InChI=1S/C23H24N4O2/c1-16-9-11-17(12-10-16)20-14-21(26-25-20)23(29)27-13-5-6-18(15-27)22(28)24-19-7-3-2-4-8-19/h2-4,7-12,14,18H,5-6,13,15H2,1H3,(H,24,28)(H,25,26)/t18-/m0/s1. The number of hydrogen-bond acceptors (Lipinski definition) is 3. The molecule has 6 heteroatoms. The fraction of sp³-hybridized carbons (Fsp3) is 0.261. The molecule has 2 amide bonds. The predicted molar refractivity (Wildman–Crippen MR) is 112 cm³/mol. The van der Waals surface area contributed by atoms with Crippen LogP contribution in [0.1, 0.15) is 28.9 Å². The number of aryl methyl sites for hydroxylation is 1. The summed E-state index contributed by atoms with van der Waals surface area (Å²) in [5.74, 6) is -0.376. The highest BCUT2D eigenvalue weighted by molar-refractivity contribution is 5.95. The van der Waals surface area contributed by atoms with Gasteiger partial charge >= 0.3 is 0 Å². The molecule has 29 heavy (non-hydrogen) atoms. The maximum Gasteiger partial charge on any atom is 0.271 e. The van der Waals surface area contributed by atoms with E-state index in [1.54, 1.807) is 11.0 Å². The number of nitrogens with zero attached hydrogens (tertiary/aromatic N) is 2. The van der Waals surface area contributed by atoms with E-state index < -0.39 is 0 Å². The third-order valence-corrected chi connectivity index (χ3v) is 5.28. The first-order valence-electron chi connectivity index (χ1n) is 9.88. The molecule has 6 nitrogen and oxygen atoms in total. The van der Waals surface area contributed by atoms with Gasteiger partial charge in [0.05, 0.1) is 11.6 Å². The smallest absolute Gasteiger partial charge is 0.271 e. The van der Waals surface area contributed by atoms with Crippen molar-refractivity contribution in [2.75, 3.05) is 18.4 Å². The van der Waals surface area contributed by atoms with Crippen LogP contribution < -0.4 is 5.32 Å². The van der Waals surface area contributed by atoms with E-state index in [1.807, 2.05) is 61.5 Å². The zero-order chi connectivity index (χ0) is 20.2.